The first-order valence-corrected chi connectivity index (χ1v) is 8.47. The van der Waals surface area contributed by atoms with Gasteiger partial charge >= 0.3 is 0 Å². The quantitative estimate of drug-likeness (QED) is 0.412. The second-order valence-corrected chi connectivity index (χ2v) is 6.01. The van der Waals surface area contributed by atoms with Gasteiger partial charge in [0.15, 0.2) is 0 Å². The van der Waals surface area contributed by atoms with Gasteiger partial charge in [0.2, 0.25) is 0 Å². The van der Waals surface area contributed by atoms with Crippen molar-refractivity contribution in [2.75, 3.05) is 7.11 Å². The number of hydrogen-bond donors (Lipinski definition) is 1. The molecule has 7 heteroatoms. The molecule has 0 bridgehead atoms. The fourth-order valence-corrected chi connectivity index (χ4v) is 3.06. The van der Waals surface area contributed by atoms with Gasteiger partial charge in [0.25, 0.3) is 0 Å². The lowest BCUT2D eigenvalue weighted by Gasteiger charge is -2.09. The largest absolute Gasteiger partial charge is 0.497 e. The van der Waals surface area contributed by atoms with E-state index in [-0.39, 0.29) is 0 Å². The molecule has 0 aliphatic rings. The maximum Gasteiger partial charge on any atom is 0.143 e. The normalized spacial score (nSPS) is 11.4. The summed E-state index contributed by atoms with van der Waals surface area (Å²) >= 11 is 0. The third-order valence-corrected chi connectivity index (χ3v) is 4.26. The highest BCUT2D eigenvalue weighted by Crippen LogP contribution is 2.33. The molecule has 2 aromatic heterocycles. The number of ether oxygens (including phenoxy) is 1. The van der Waals surface area contributed by atoms with Crippen LogP contribution in [0.2, 0.25) is 0 Å². The average Bonchev–Trinajstić information content (AvgIpc) is 3.16. The van der Waals surface area contributed by atoms with Crippen molar-refractivity contribution < 1.29 is 14.5 Å². The van der Waals surface area contributed by atoms with E-state index in [1.807, 2.05) is 42.8 Å². The minimum absolute atomic E-state index is 0.688. The maximum atomic E-state index is 9.20. The predicted octanol–water partition coefficient (Wildman–Crippen LogP) is 3.91. The summed E-state index contributed by atoms with van der Waals surface area (Å²) in [6.07, 6.45) is 3.12. The van der Waals surface area contributed by atoms with E-state index < -0.39 is 0 Å². The van der Waals surface area contributed by atoms with E-state index in [4.69, 9.17) is 14.4 Å². The van der Waals surface area contributed by atoms with Crippen LogP contribution in [0.4, 0.5) is 0 Å². The van der Waals surface area contributed by atoms with Gasteiger partial charge in [0, 0.05) is 5.56 Å². The van der Waals surface area contributed by atoms with Crippen LogP contribution in [0.25, 0.3) is 16.9 Å². The van der Waals surface area contributed by atoms with Crippen molar-refractivity contribution in [2.24, 2.45) is 5.16 Å². The molecule has 26 heavy (non-hydrogen) atoms. The van der Waals surface area contributed by atoms with Gasteiger partial charge in [-0.2, -0.15) is 5.10 Å². The lowest BCUT2D eigenvalue weighted by atomic mass is 10.0. The second-order valence-electron chi connectivity index (χ2n) is 6.01. The summed E-state index contributed by atoms with van der Waals surface area (Å²) in [5.74, 6) is 1.46. The van der Waals surface area contributed by atoms with Gasteiger partial charge < -0.3 is 14.5 Å². The summed E-state index contributed by atoms with van der Waals surface area (Å²) in [5.41, 5.74) is 4.90. The SMILES string of the molecule is CCCc1nn(-c2ccc(OC)cc2)c(-c2c(C)noc2C)c1/C=N\O. The zero-order valence-electron chi connectivity index (χ0n) is 15.4. The lowest BCUT2D eigenvalue weighted by molar-refractivity contribution is 0.322. The van der Waals surface area contributed by atoms with Crippen LogP contribution in [0, 0.1) is 13.8 Å². The molecule has 3 rings (SSSR count). The number of benzene rings is 1. The fraction of sp³-hybridized carbons (Fsp3) is 0.316. The van der Waals surface area contributed by atoms with Gasteiger partial charge in [-0.15, -0.1) is 0 Å². The molecule has 0 fully saturated rings. The third-order valence-electron chi connectivity index (χ3n) is 4.26. The molecule has 0 spiro atoms. The average molecular weight is 354 g/mol. The van der Waals surface area contributed by atoms with Gasteiger partial charge in [-0.05, 0) is 44.5 Å². The second kappa shape index (κ2) is 7.43. The van der Waals surface area contributed by atoms with Crippen LogP contribution < -0.4 is 4.74 Å². The number of oxime groups is 1. The Kier molecular flexibility index (Phi) is 5.06. The Labute approximate surface area is 151 Å². The van der Waals surface area contributed by atoms with Crippen molar-refractivity contribution in [3.8, 4) is 22.7 Å². The standard InChI is InChI=1S/C19H22N4O3/c1-5-6-17-16(11-20-24)19(18-12(2)22-26-13(18)3)23(21-17)14-7-9-15(25-4)10-8-14/h7-11,24H,5-6H2,1-4H3/b20-11-. The monoisotopic (exact) mass is 354 g/mol. The minimum Gasteiger partial charge on any atom is -0.497 e. The van der Waals surface area contributed by atoms with Crippen molar-refractivity contribution in [1.29, 1.82) is 0 Å². The van der Waals surface area contributed by atoms with Crippen molar-refractivity contribution in [1.82, 2.24) is 14.9 Å². The van der Waals surface area contributed by atoms with Crippen molar-refractivity contribution >= 4 is 6.21 Å². The van der Waals surface area contributed by atoms with E-state index in [0.717, 1.165) is 52.5 Å². The molecule has 0 atom stereocenters. The van der Waals surface area contributed by atoms with Crippen LogP contribution in [-0.2, 0) is 6.42 Å². The van der Waals surface area contributed by atoms with Crippen molar-refractivity contribution in [2.45, 2.75) is 33.6 Å². The first-order chi connectivity index (χ1) is 12.6. The fourth-order valence-electron chi connectivity index (χ4n) is 3.06. The van der Waals surface area contributed by atoms with Gasteiger partial charge in [0.1, 0.15) is 11.5 Å². The highest BCUT2D eigenvalue weighted by molar-refractivity contribution is 5.91. The first-order valence-electron chi connectivity index (χ1n) is 8.47. The molecule has 0 aliphatic carbocycles. The molecule has 3 aromatic rings. The van der Waals surface area contributed by atoms with Crippen LogP contribution in [0.1, 0.15) is 36.1 Å². The summed E-state index contributed by atoms with van der Waals surface area (Å²) in [6, 6.07) is 7.63. The molecule has 0 amide bonds. The number of rotatable bonds is 6. The lowest BCUT2D eigenvalue weighted by Crippen LogP contribution is -2.01. The van der Waals surface area contributed by atoms with Crippen LogP contribution in [0.3, 0.4) is 0 Å². The Morgan fingerprint density at radius 2 is 2.00 bits per heavy atom. The summed E-state index contributed by atoms with van der Waals surface area (Å²) < 4.78 is 12.4. The van der Waals surface area contributed by atoms with Crippen LogP contribution in [0.15, 0.2) is 33.9 Å². The zero-order valence-corrected chi connectivity index (χ0v) is 15.4. The Morgan fingerprint density at radius 1 is 1.27 bits per heavy atom. The van der Waals surface area contributed by atoms with Crippen molar-refractivity contribution in [3.63, 3.8) is 0 Å². The molecule has 2 heterocycles. The molecule has 1 N–H and O–H groups in total. The van der Waals surface area contributed by atoms with Gasteiger partial charge in [-0.1, -0.05) is 23.7 Å². The molecular formula is C19H22N4O3. The highest BCUT2D eigenvalue weighted by Gasteiger charge is 2.24. The van der Waals surface area contributed by atoms with E-state index in [9.17, 15) is 5.21 Å². The summed E-state index contributed by atoms with van der Waals surface area (Å²) in [5, 5.41) is 21.3. The Balaban J connectivity index is 2.30. The van der Waals surface area contributed by atoms with E-state index in [1.54, 1.807) is 7.11 Å². The zero-order chi connectivity index (χ0) is 18.7. The van der Waals surface area contributed by atoms with E-state index >= 15 is 0 Å². The number of aryl methyl sites for hydroxylation is 3. The molecule has 7 nitrogen and oxygen atoms in total. The van der Waals surface area contributed by atoms with E-state index in [2.05, 4.69) is 17.2 Å². The summed E-state index contributed by atoms with van der Waals surface area (Å²) in [7, 11) is 1.63. The Bertz CT molecular complexity index is 904. The molecule has 0 aliphatic heterocycles. The van der Waals surface area contributed by atoms with Crippen LogP contribution in [0.5, 0.6) is 5.75 Å². The third kappa shape index (κ3) is 3.08. The highest BCUT2D eigenvalue weighted by atomic mass is 16.5. The van der Waals surface area contributed by atoms with Crippen LogP contribution >= 0.6 is 0 Å². The van der Waals surface area contributed by atoms with E-state index in [0.29, 0.717) is 5.76 Å². The molecular weight excluding hydrogens is 332 g/mol. The Hall–Kier alpha value is -3.09. The van der Waals surface area contributed by atoms with Gasteiger partial charge in [0.05, 0.1) is 41.7 Å². The van der Waals surface area contributed by atoms with Crippen LogP contribution in [-0.4, -0.2) is 33.5 Å². The smallest absolute Gasteiger partial charge is 0.143 e. The molecule has 136 valence electrons. The number of hydrogen-bond acceptors (Lipinski definition) is 6. The summed E-state index contributed by atoms with van der Waals surface area (Å²) in [4.78, 5) is 0. The number of methoxy groups -OCH3 is 1. The molecule has 0 saturated carbocycles. The first kappa shape index (κ1) is 17.7. The molecule has 0 saturated heterocycles. The maximum absolute atomic E-state index is 9.20. The Morgan fingerprint density at radius 3 is 2.54 bits per heavy atom. The topological polar surface area (TPSA) is 85.7 Å². The summed E-state index contributed by atoms with van der Waals surface area (Å²) in [6.45, 7) is 5.83. The number of aromatic nitrogens is 3. The van der Waals surface area contributed by atoms with Crippen molar-refractivity contribution in [3.05, 3.63) is 47.0 Å². The van der Waals surface area contributed by atoms with Gasteiger partial charge in [-0.3, -0.25) is 0 Å². The number of nitrogens with zero attached hydrogens (tertiary/aromatic N) is 4. The molecule has 0 unspecified atom stereocenters. The predicted molar refractivity (Wildman–Crippen MR) is 98.5 cm³/mol. The minimum atomic E-state index is 0.688. The van der Waals surface area contributed by atoms with E-state index in [1.165, 1.54) is 6.21 Å². The molecule has 0 radical (unpaired) electrons. The molecule has 1 aromatic carbocycles. The van der Waals surface area contributed by atoms with Gasteiger partial charge in [-0.25, -0.2) is 4.68 Å².